The molecule has 7 heteroatoms. The molecule has 0 aliphatic rings. The molecule has 0 bridgehead atoms. The molecule has 0 aliphatic carbocycles. The van der Waals surface area contributed by atoms with Crippen LogP contribution in [0.25, 0.3) is 22.1 Å². The number of aromatic nitrogens is 4. The number of carbonyl (C=O) groups excluding carboxylic acids is 1. The van der Waals surface area contributed by atoms with E-state index >= 15 is 0 Å². The van der Waals surface area contributed by atoms with E-state index in [1.165, 1.54) is 17.3 Å². The summed E-state index contributed by atoms with van der Waals surface area (Å²) in [4.78, 5) is 16.2. The first kappa shape index (κ1) is 16.4. The number of thioether (sulfide) groups is 1. The minimum absolute atomic E-state index is 0.0757. The molecule has 0 saturated carbocycles. The Morgan fingerprint density at radius 3 is 3.00 bits per heavy atom. The largest absolute Gasteiger partial charge is 0.352 e. The van der Waals surface area contributed by atoms with Gasteiger partial charge in [-0.05, 0) is 24.1 Å². The quantitative estimate of drug-likeness (QED) is 0.551. The molecule has 3 rings (SSSR count). The summed E-state index contributed by atoms with van der Waals surface area (Å²) in [6.07, 6.45) is 2.62. The Morgan fingerprint density at radius 1 is 1.42 bits per heavy atom. The lowest BCUT2D eigenvalue weighted by molar-refractivity contribution is -0.118. The Bertz CT molecular complexity index is 918. The monoisotopic (exact) mass is 341 g/mol. The van der Waals surface area contributed by atoms with Crippen molar-refractivity contribution in [2.45, 2.75) is 18.5 Å². The number of amides is 1. The van der Waals surface area contributed by atoms with Crippen molar-refractivity contribution in [3.05, 3.63) is 36.4 Å². The van der Waals surface area contributed by atoms with Gasteiger partial charge in [-0.25, -0.2) is 4.98 Å². The van der Waals surface area contributed by atoms with Crippen molar-refractivity contribution in [3.63, 3.8) is 0 Å². The van der Waals surface area contributed by atoms with Gasteiger partial charge in [0.05, 0.1) is 11.3 Å². The average molecular weight is 341 g/mol. The summed E-state index contributed by atoms with van der Waals surface area (Å²) in [5, 5.41) is 12.8. The zero-order valence-electron chi connectivity index (χ0n) is 13.7. The van der Waals surface area contributed by atoms with Gasteiger partial charge in [0.1, 0.15) is 5.52 Å². The van der Waals surface area contributed by atoms with Crippen LogP contribution in [0.2, 0.25) is 0 Å². The highest BCUT2D eigenvalue weighted by Gasteiger charge is 2.14. The van der Waals surface area contributed by atoms with Gasteiger partial charge in [0.15, 0.2) is 5.65 Å². The Kier molecular flexibility index (Phi) is 4.80. The first-order valence-corrected chi connectivity index (χ1v) is 8.74. The minimum Gasteiger partial charge on any atom is -0.352 e. The summed E-state index contributed by atoms with van der Waals surface area (Å²) in [5.74, 6) is 0.179. The SMILES string of the molecule is C=CCNC(=O)CSc1nnc2c3cc(CC)ccc3n(C)c2n1. The molecule has 1 aromatic carbocycles. The lowest BCUT2D eigenvalue weighted by atomic mass is 10.1. The maximum absolute atomic E-state index is 11.7. The van der Waals surface area contributed by atoms with Crippen molar-refractivity contribution in [1.29, 1.82) is 0 Å². The summed E-state index contributed by atoms with van der Waals surface area (Å²) in [6, 6.07) is 6.35. The number of benzene rings is 1. The van der Waals surface area contributed by atoms with Crippen LogP contribution in [0.5, 0.6) is 0 Å². The van der Waals surface area contributed by atoms with Gasteiger partial charge in [0.2, 0.25) is 11.1 Å². The zero-order chi connectivity index (χ0) is 17.1. The smallest absolute Gasteiger partial charge is 0.230 e. The van der Waals surface area contributed by atoms with Gasteiger partial charge >= 0.3 is 0 Å². The molecule has 0 fully saturated rings. The van der Waals surface area contributed by atoms with Gasteiger partial charge in [0.25, 0.3) is 0 Å². The van der Waals surface area contributed by atoms with Crippen LogP contribution in [0.1, 0.15) is 12.5 Å². The van der Waals surface area contributed by atoms with E-state index in [9.17, 15) is 4.79 Å². The van der Waals surface area contributed by atoms with E-state index in [0.29, 0.717) is 11.7 Å². The third-order valence-corrected chi connectivity index (χ3v) is 4.67. The maximum atomic E-state index is 11.7. The van der Waals surface area contributed by atoms with Gasteiger partial charge in [0, 0.05) is 19.0 Å². The van der Waals surface area contributed by atoms with Crippen LogP contribution in [0.3, 0.4) is 0 Å². The number of nitrogens with zero attached hydrogens (tertiary/aromatic N) is 4. The Morgan fingerprint density at radius 2 is 2.25 bits per heavy atom. The second kappa shape index (κ2) is 7.00. The Balaban J connectivity index is 1.91. The van der Waals surface area contributed by atoms with Gasteiger partial charge in [-0.3, -0.25) is 4.79 Å². The number of hydrogen-bond donors (Lipinski definition) is 1. The molecule has 0 aliphatic heterocycles. The number of fused-ring (bicyclic) bond motifs is 3. The molecular formula is C17H19N5OS. The third kappa shape index (κ3) is 3.12. The van der Waals surface area contributed by atoms with Gasteiger partial charge < -0.3 is 9.88 Å². The molecule has 24 heavy (non-hydrogen) atoms. The van der Waals surface area contributed by atoms with Gasteiger partial charge in [-0.1, -0.05) is 30.8 Å². The normalized spacial score (nSPS) is 11.1. The van der Waals surface area contributed by atoms with Gasteiger partial charge in [-0.2, -0.15) is 0 Å². The molecule has 0 radical (unpaired) electrons. The van der Waals surface area contributed by atoms with Crippen molar-refractivity contribution in [2.24, 2.45) is 7.05 Å². The number of nitrogens with one attached hydrogen (secondary N) is 1. The predicted octanol–water partition coefficient (Wildman–Crippen LogP) is 2.47. The first-order valence-electron chi connectivity index (χ1n) is 7.76. The second-order valence-corrected chi connectivity index (χ2v) is 6.35. The molecule has 3 aromatic rings. The van der Waals surface area contributed by atoms with Crippen LogP contribution < -0.4 is 5.32 Å². The van der Waals surface area contributed by atoms with E-state index in [1.54, 1.807) is 6.08 Å². The highest BCUT2D eigenvalue weighted by Crippen LogP contribution is 2.27. The van der Waals surface area contributed by atoms with Gasteiger partial charge in [-0.15, -0.1) is 16.8 Å². The van der Waals surface area contributed by atoms with E-state index in [1.807, 2.05) is 11.6 Å². The molecule has 1 amide bonds. The van der Waals surface area contributed by atoms with Crippen LogP contribution >= 0.6 is 11.8 Å². The van der Waals surface area contributed by atoms with Crippen molar-refractivity contribution < 1.29 is 4.79 Å². The Hall–Kier alpha value is -2.41. The molecule has 0 spiro atoms. The van der Waals surface area contributed by atoms with Crippen LogP contribution in [-0.2, 0) is 18.3 Å². The highest BCUT2D eigenvalue weighted by molar-refractivity contribution is 7.99. The van der Waals surface area contributed by atoms with Crippen LogP contribution in [0, 0.1) is 0 Å². The molecule has 124 valence electrons. The fourth-order valence-corrected chi connectivity index (χ4v) is 3.15. The minimum atomic E-state index is -0.0757. The summed E-state index contributed by atoms with van der Waals surface area (Å²) in [5.41, 5.74) is 3.91. The van der Waals surface area contributed by atoms with E-state index < -0.39 is 0 Å². The van der Waals surface area contributed by atoms with E-state index in [4.69, 9.17) is 0 Å². The van der Waals surface area contributed by atoms with Crippen molar-refractivity contribution >= 4 is 39.7 Å². The fourth-order valence-electron chi connectivity index (χ4n) is 2.54. The van der Waals surface area contributed by atoms with Crippen molar-refractivity contribution in [2.75, 3.05) is 12.3 Å². The van der Waals surface area contributed by atoms with Crippen LogP contribution in [-0.4, -0.2) is 38.0 Å². The third-order valence-electron chi connectivity index (χ3n) is 3.83. The first-order chi connectivity index (χ1) is 11.6. The van der Waals surface area contributed by atoms with E-state index in [-0.39, 0.29) is 11.7 Å². The molecule has 2 heterocycles. The van der Waals surface area contributed by atoms with Crippen LogP contribution in [0.4, 0.5) is 0 Å². The summed E-state index contributed by atoms with van der Waals surface area (Å²) < 4.78 is 2.01. The maximum Gasteiger partial charge on any atom is 0.230 e. The topological polar surface area (TPSA) is 72.7 Å². The van der Waals surface area contributed by atoms with Crippen molar-refractivity contribution in [3.8, 4) is 0 Å². The molecule has 1 N–H and O–H groups in total. The summed E-state index contributed by atoms with van der Waals surface area (Å²) in [7, 11) is 1.97. The number of aryl methyl sites for hydroxylation is 2. The summed E-state index contributed by atoms with van der Waals surface area (Å²) in [6.45, 7) is 6.16. The van der Waals surface area contributed by atoms with Crippen molar-refractivity contribution in [1.82, 2.24) is 25.1 Å². The molecule has 0 unspecified atom stereocenters. The lowest BCUT2D eigenvalue weighted by Gasteiger charge is -2.01. The van der Waals surface area contributed by atoms with E-state index in [0.717, 1.165) is 28.5 Å². The lowest BCUT2D eigenvalue weighted by Crippen LogP contribution is -2.25. The number of hydrogen-bond acceptors (Lipinski definition) is 5. The highest BCUT2D eigenvalue weighted by atomic mass is 32.2. The second-order valence-electron chi connectivity index (χ2n) is 5.41. The molecule has 6 nitrogen and oxygen atoms in total. The number of carbonyl (C=O) groups is 1. The van der Waals surface area contributed by atoms with Crippen LogP contribution in [0.15, 0.2) is 36.0 Å². The standard InChI is InChI=1S/C17H19N5OS/c1-4-8-18-14(23)10-24-17-19-16-15(20-21-17)12-9-11(5-2)6-7-13(12)22(16)3/h4,6-7,9H,1,5,8,10H2,2-3H3,(H,18,23). The predicted molar refractivity (Wildman–Crippen MR) is 97.1 cm³/mol. The molecule has 2 aromatic heterocycles. The zero-order valence-corrected chi connectivity index (χ0v) is 14.6. The fraction of sp³-hybridized carbons (Fsp3) is 0.294. The number of rotatable bonds is 6. The molecular weight excluding hydrogens is 322 g/mol. The van der Waals surface area contributed by atoms with E-state index in [2.05, 4.69) is 52.2 Å². The Labute approximate surface area is 144 Å². The average Bonchev–Trinajstić information content (AvgIpc) is 2.89. The molecule has 0 saturated heterocycles. The summed E-state index contributed by atoms with van der Waals surface area (Å²) >= 11 is 1.28. The molecule has 0 atom stereocenters.